The molecule has 0 spiro atoms. The molecule has 0 amide bonds. The molecule has 1 N–H and O–H groups in total. The van der Waals surface area contributed by atoms with Gasteiger partial charge in [0.1, 0.15) is 5.75 Å². The first-order valence-corrected chi connectivity index (χ1v) is 7.32. The molecule has 0 unspecified atom stereocenters. The third-order valence-electron chi connectivity index (χ3n) is 3.55. The van der Waals surface area contributed by atoms with Crippen molar-refractivity contribution in [3.8, 4) is 5.75 Å². The van der Waals surface area contributed by atoms with Gasteiger partial charge in [0.05, 0.1) is 6.10 Å². The maximum absolute atomic E-state index is 12.6. The molecule has 2 aromatic carbocycles. The standard InChI is InChI=1S/C18H19NO2/c1-12(2)21-16-5-3-4-14(11-16)18(20)15-6-7-17-13(10-15)8-9-19-17/h3-7,10-12,19H,8-9H2,1-2H3. The Morgan fingerprint density at radius 2 is 1.95 bits per heavy atom. The fraction of sp³-hybridized carbons (Fsp3) is 0.278. The number of anilines is 1. The summed E-state index contributed by atoms with van der Waals surface area (Å²) in [6.07, 6.45) is 1.08. The second-order valence-electron chi connectivity index (χ2n) is 5.57. The number of ketones is 1. The van der Waals surface area contributed by atoms with Gasteiger partial charge in [-0.3, -0.25) is 4.79 Å². The van der Waals surface area contributed by atoms with Crippen LogP contribution in [0.15, 0.2) is 42.5 Å². The van der Waals surface area contributed by atoms with Crippen LogP contribution in [0.25, 0.3) is 0 Å². The number of hydrogen-bond donors (Lipinski definition) is 1. The zero-order valence-corrected chi connectivity index (χ0v) is 12.3. The molecule has 0 saturated heterocycles. The normalized spacial score (nSPS) is 12.9. The minimum atomic E-state index is 0.0407. The highest BCUT2D eigenvalue weighted by Gasteiger charge is 2.15. The van der Waals surface area contributed by atoms with Crippen LogP contribution in [-0.4, -0.2) is 18.4 Å². The average Bonchev–Trinajstić information content (AvgIpc) is 2.93. The second-order valence-corrected chi connectivity index (χ2v) is 5.57. The van der Waals surface area contributed by atoms with Crippen molar-refractivity contribution in [1.82, 2.24) is 0 Å². The molecule has 0 aromatic heterocycles. The highest BCUT2D eigenvalue weighted by Crippen LogP contribution is 2.25. The summed E-state index contributed by atoms with van der Waals surface area (Å²) in [5, 5.41) is 3.31. The molecule has 2 aromatic rings. The zero-order valence-electron chi connectivity index (χ0n) is 12.3. The lowest BCUT2D eigenvalue weighted by atomic mass is 10.00. The van der Waals surface area contributed by atoms with Crippen LogP contribution in [0.5, 0.6) is 5.75 Å². The SMILES string of the molecule is CC(C)Oc1cccc(C(=O)c2ccc3c(c2)CCN3)c1. The van der Waals surface area contributed by atoms with E-state index < -0.39 is 0 Å². The summed E-state index contributed by atoms with van der Waals surface area (Å²) < 4.78 is 5.65. The molecule has 0 bridgehead atoms. The van der Waals surface area contributed by atoms with Gasteiger partial charge in [-0.2, -0.15) is 0 Å². The monoisotopic (exact) mass is 281 g/mol. The van der Waals surface area contributed by atoms with Gasteiger partial charge >= 0.3 is 0 Å². The molecule has 0 aliphatic carbocycles. The summed E-state index contributed by atoms with van der Waals surface area (Å²) in [7, 11) is 0. The predicted molar refractivity (Wildman–Crippen MR) is 84.3 cm³/mol. The van der Waals surface area contributed by atoms with Gasteiger partial charge in [-0.05, 0) is 56.2 Å². The van der Waals surface area contributed by atoms with Crippen LogP contribution in [0, 0.1) is 0 Å². The van der Waals surface area contributed by atoms with Crippen molar-refractivity contribution in [2.24, 2.45) is 0 Å². The Kier molecular flexibility index (Phi) is 3.65. The molecule has 21 heavy (non-hydrogen) atoms. The fourth-order valence-corrected chi connectivity index (χ4v) is 2.60. The number of hydrogen-bond acceptors (Lipinski definition) is 3. The Hall–Kier alpha value is -2.29. The molecular formula is C18H19NO2. The van der Waals surface area contributed by atoms with Crippen LogP contribution >= 0.6 is 0 Å². The molecule has 1 aliphatic rings. The van der Waals surface area contributed by atoms with Gasteiger partial charge in [-0.15, -0.1) is 0 Å². The number of rotatable bonds is 4. The van der Waals surface area contributed by atoms with E-state index in [0.717, 1.165) is 30.0 Å². The Labute approximate surface area is 124 Å². The Balaban J connectivity index is 1.88. The second kappa shape index (κ2) is 5.60. The third-order valence-corrected chi connectivity index (χ3v) is 3.55. The minimum absolute atomic E-state index is 0.0407. The molecule has 1 heterocycles. The van der Waals surface area contributed by atoms with E-state index in [4.69, 9.17) is 4.74 Å². The topological polar surface area (TPSA) is 38.3 Å². The van der Waals surface area contributed by atoms with Crippen molar-refractivity contribution < 1.29 is 9.53 Å². The number of carbonyl (C=O) groups is 1. The smallest absolute Gasteiger partial charge is 0.193 e. The first-order chi connectivity index (χ1) is 10.1. The number of ether oxygens (including phenoxy) is 1. The van der Waals surface area contributed by atoms with Gasteiger partial charge in [-0.25, -0.2) is 0 Å². The van der Waals surface area contributed by atoms with E-state index in [9.17, 15) is 4.79 Å². The molecule has 0 atom stereocenters. The molecule has 3 rings (SSSR count). The predicted octanol–water partition coefficient (Wildman–Crippen LogP) is 3.67. The van der Waals surface area contributed by atoms with E-state index in [1.807, 2.05) is 56.3 Å². The van der Waals surface area contributed by atoms with E-state index in [1.54, 1.807) is 0 Å². The maximum Gasteiger partial charge on any atom is 0.193 e. The van der Waals surface area contributed by atoms with Gasteiger partial charge in [0.2, 0.25) is 0 Å². The number of fused-ring (bicyclic) bond motifs is 1. The van der Waals surface area contributed by atoms with E-state index in [1.165, 1.54) is 5.56 Å². The maximum atomic E-state index is 12.6. The third kappa shape index (κ3) is 2.92. The van der Waals surface area contributed by atoms with Crippen LogP contribution in [0.1, 0.15) is 35.3 Å². The zero-order chi connectivity index (χ0) is 14.8. The number of benzene rings is 2. The molecule has 1 aliphatic heterocycles. The summed E-state index contributed by atoms with van der Waals surface area (Å²) in [6, 6.07) is 13.3. The largest absolute Gasteiger partial charge is 0.491 e. The molecule has 0 radical (unpaired) electrons. The van der Waals surface area contributed by atoms with Crippen molar-refractivity contribution in [3.05, 3.63) is 59.2 Å². The average molecular weight is 281 g/mol. The van der Waals surface area contributed by atoms with Gasteiger partial charge in [0.15, 0.2) is 5.78 Å². The van der Waals surface area contributed by atoms with E-state index in [-0.39, 0.29) is 11.9 Å². The molecule has 0 fully saturated rings. The molecule has 108 valence electrons. The lowest BCUT2D eigenvalue weighted by Crippen LogP contribution is -2.07. The lowest BCUT2D eigenvalue weighted by molar-refractivity contribution is 0.103. The Bertz CT molecular complexity index is 677. The van der Waals surface area contributed by atoms with Crippen LogP contribution in [-0.2, 0) is 6.42 Å². The summed E-state index contributed by atoms with van der Waals surface area (Å²) >= 11 is 0. The van der Waals surface area contributed by atoms with E-state index >= 15 is 0 Å². The van der Waals surface area contributed by atoms with Crippen molar-refractivity contribution in [2.45, 2.75) is 26.4 Å². The minimum Gasteiger partial charge on any atom is -0.491 e. The van der Waals surface area contributed by atoms with Crippen molar-refractivity contribution in [3.63, 3.8) is 0 Å². The first-order valence-electron chi connectivity index (χ1n) is 7.32. The highest BCUT2D eigenvalue weighted by molar-refractivity contribution is 6.09. The molecule has 3 heteroatoms. The quantitative estimate of drug-likeness (QED) is 0.869. The van der Waals surface area contributed by atoms with Gasteiger partial charge in [-0.1, -0.05) is 12.1 Å². The van der Waals surface area contributed by atoms with Crippen molar-refractivity contribution in [1.29, 1.82) is 0 Å². The summed E-state index contributed by atoms with van der Waals surface area (Å²) in [6.45, 7) is 4.90. The summed E-state index contributed by atoms with van der Waals surface area (Å²) in [5.74, 6) is 0.776. The summed E-state index contributed by atoms with van der Waals surface area (Å²) in [5.41, 5.74) is 3.76. The van der Waals surface area contributed by atoms with Crippen molar-refractivity contribution >= 4 is 11.5 Å². The first kappa shape index (κ1) is 13.7. The Morgan fingerprint density at radius 1 is 1.14 bits per heavy atom. The fourth-order valence-electron chi connectivity index (χ4n) is 2.60. The van der Waals surface area contributed by atoms with Crippen LogP contribution < -0.4 is 10.1 Å². The van der Waals surface area contributed by atoms with Crippen LogP contribution in [0.2, 0.25) is 0 Å². The molecular weight excluding hydrogens is 262 g/mol. The lowest BCUT2D eigenvalue weighted by Gasteiger charge is -2.11. The van der Waals surface area contributed by atoms with Gasteiger partial charge in [0, 0.05) is 23.4 Å². The Morgan fingerprint density at radius 3 is 2.76 bits per heavy atom. The van der Waals surface area contributed by atoms with Crippen molar-refractivity contribution in [2.75, 3.05) is 11.9 Å². The number of carbonyl (C=O) groups excluding carboxylic acids is 1. The van der Waals surface area contributed by atoms with Gasteiger partial charge < -0.3 is 10.1 Å². The van der Waals surface area contributed by atoms with Gasteiger partial charge in [0.25, 0.3) is 0 Å². The molecule has 0 saturated carbocycles. The van der Waals surface area contributed by atoms with Crippen LogP contribution in [0.3, 0.4) is 0 Å². The van der Waals surface area contributed by atoms with Crippen LogP contribution in [0.4, 0.5) is 5.69 Å². The highest BCUT2D eigenvalue weighted by atomic mass is 16.5. The summed E-state index contributed by atoms with van der Waals surface area (Å²) in [4.78, 5) is 12.6. The molecule has 3 nitrogen and oxygen atoms in total. The number of nitrogens with one attached hydrogen (secondary N) is 1. The van der Waals surface area contributed by atoms with E-state index in [2.05, 4.69) is 5.32 Å². The van der Waals surface area contributed by atoms with E-state index in [0.29, 0.717) is 5.56 Å².